The molecule has 0 aliphatic rings. The van der Waals surface area contributed by atoms with Gasteiger partial charge in [0, 0.05) is 22.5 Å². The summed E-state index contributed by atoms with van der Waals surface area (Å²) in [4.78, 5) is 3.53. The van der Waals surface area contributed by atoms with Crippen LogP contribution in [0.25, 0.3) is 11.0 Å². The number of anilines is 1. The molecular formula is C14H9Cl2FN2O4S. The molecule has 0 saturated heterocycles. The second-order valence-corrected chi connectivity index (χ2v) is 7.15. The second kappa shape index (κ2) is 6.12. The zero-order valence-corrected chi connectivity index (χ0v) is 14.3. The van der Waals surface area contributed by atoms with Crippen molar-refractivity contribution in [1.29, 1.82) is 0 Å². The number of furan rings is 1. The van der Waals surface area contributed by atoms with Gasteiger partial charge in [0.25, 0.3) is 10.0 Å². The Labute approximate surface area is 146 Å². The lowest BCUT2D eigenvalue weighted by molar-refractivity contribution is 0.397. The van der Waals surface area contributed by atoms with Gasteiger partial charge in [0.2, 0.25) is 5.88 Å². The van der Waals surface area contributed by atoms with Crippen LogP contribution in [0.4, 0.5) is 10.2 Å². The molecule has 0 saturated carbocycles. The van der Waals surface area contributed by atoms with Gasteiger partial charge in [0.05, 0.1) is 7.11 Å². The number of methoxy groups -OCH3 is 1. The fourth-order valence-electron chi connectivity index (χ4n) is 2.03. The molecule has 1 N–H and O–H groups in total. The molecule has 0 amide bonds. The maximum absolute atomic E-state index is 13.9. The highest BCUT2D eigenvalue weighted by atomic mass is 35.5. The van der Waals surface area contributed by atoms with Crippen molar-refractivity contribution < 1.29 is 22.0 Å². The van der Waals surface area contributed by atoms with Crippen molar-refractivity contribution >= 4 is 50.0 Å². The third-order valence-corrected chi connectivity index (χ3v) is 4.98. The van der Waals surface area contributed by atoms with Crippen LogP contribution in [0.2, 0.25) is 10.0 Å². The number of halogens is 3. The smallest absolute Gasteiger partial charge is 0.266 e. The van der Waals surface area contributed by atoms with Crippen molar-refractivity contribution in [1.82, 2.24) is 4.98 Å². The Kier molecular flexibility index (Phi) is 4.29. The number of nitrogens with one attached hydrogen (secondary N) is 1. The fraction of sp³-hybridized carbons (Fsp3) is 0.0714. The van der Waals surface area contributed by atoms with Crippen LogP contribution in [0.15, 0.2) is 39.8 Å². The summed E-state index contributed by atoms with van der Waals surface area (Å²) < 4.78 is 51.1. The lowest BCUT2D eigenvalue weighted by Gasteiger charge is -2.09. The van der Waals surface area contributed by atoms with Gasteiger partial charge in [-0.2, -0.15) is 4.98 Å². The first-order valence-corrected chi connectivity index (χ1v) is 8.65. The number of rotatable bonds is 4. The minimum absolute atomic E-state index is 0.0821. The van der Waals surface area contributed by atoms with E-state index in [1.54, 1.807) is 0 Å². The zero-order valence-electron chi connectivity index (χ0n) is 12.0. The number of benzene rings is 1. The molecule has 10 heteroatoms. The van der Waals surface area contributed by atoms with Gasteiger partial charge < -0.3 is 9.15 Å². The average molecular weight is 391 g/mol. The second-order valence-electron chi connectivity index (χ2n) is 4.66. The normalized spacial score (nSPS) is 11.7. The Morgan fingerprint density at radius 3 is 2.75 bits per heavy atom. The monoisotopic (exact) mass is 390 g/mol. The first kappa shape index (κ1) is 16.8. The lowest BCUT2D eigenvalue weighted by Crippen LogP contribution is -2.15. The number of pyridine rings is 1. The molecule has 0 aliphatic carbocycles. The van der Waals surface area contributed by atoms with Crippen LogP contribution in [0, 0.1) is 5.82 Å². The third-order valence-electron chi connectivity index (χ3n) is 3.11. The first-order chi connectivity index (χ1) is 11.3. The lowest BCUT2D eigenvalue weighted by atomic mass is 10.3. The van der Waals surface area contributed by atoms with Gasteiger partial charge in [-0.25, -0.2) is 12.8 Å². The van der Waals surface area contributed by atoms with E-state index in [-0.39, 0.29) is 21.4 Å². The molecule has 0 bridgehead atoms. The molecule has 0 atom stereocenters. The van der Waals surface area contributed by atoms with E-state index in [9.17, 15) is 12.8 Å². The highest BCUT2D eigenvalue weighted by Crippen LogP contribution is 2.31. The maximum atomic E-state index is 13.9. The molecule has 126 valence electrons. The van der Waals surface area contributed by atoms with E-state index in [1.807, 2.05) is 0 Å². The SMILES string of the molecule is COc1nc(NS(=O)(=O)c2coc3cc(Cl)ccc23)c(F)cc1Cl. The summed E-state index contributed by atoms with van der Waals surface area (Å²) in [6, 6.07) is 5.38. The van der Waals surface area contributed by atoms with E-state index in [2.05, 4.69) is 9.71 Å². The van der Waals surface area contributed by atoms with E-state index in [0.717, 1.165) is 12.3 Å². The quantitative estimate of drug-likeness (QED) is 0.725. The maximum Gasteiger partial charge on any atom is 0.266 e. The molecule has 0 spiro atoms. The highest BCUT2D eigenvalue weighted by Gasteiger charge is 2.23. The predicted octanol–water partition coefficient (Wildman–Crippen LogP) is 4.08. The zero-order chi connectivity index (χ0) is 17.5. The topological polar surface area (TPSA) is 81.4 Å². The summed E-state index contributed by atoms with van der Waals surface area (Å²) in [6.07, 6.45) is 1.04. The molecule has 6 nitrogen and oxygen atoms in total. The number of aromatic nitrogens is 1. The van der Waals surface area contributed by atoms with Gasteiger partial charge in [-0.15, -0.1) is 0 Å². The van der Waals surface area contributed by atoms with Crippen LogP contribution in [0.5, 0.6) is 5.88 Å². The molecule has 3 rings (SSSR count). The van der Waals surface area contributed by atoms with Gasteiger partial charge >= 0.3 is 0 Å². The molecule has 2 aromatic heterocycles. The Morgan fingerprint density at radius 1 is 1.29 bits per heavy atom. The van der Waals surface area contributed by atoms with E-state index in [1.165, 1.54) is 25.3 Å². The van der Waals surface area contributed by atoms with Gasteiger partial charge in [0.1, 0.15) is 21.8 Å². The molecule has 0 unspecified atom stereocenters. The van der Waals surface area contributed by atoms with Crippen LogP contribution < -0.4 is 9.46 Å². The van der Waals surface area contributed by atoms with Gasteiger partial charge in [-0.1, -0.05) is 23.2 Å². The Balaban J connectivity index is 2.05. The van der Waals surface area contributed by atoms with Gasteiger partial charge in [-0.3, -0.25) is 4.72 Å². The number of fused-ring (bicyclic) bond motifs is 1. The van der Waals surface area contributed by atoms with Crippen molar-refractivity contribution in [2.24, 2.45) is 0 Å². The number of ether oxygens (including phenoxy) is 1. The average Bonchev–Trinajstić information content (AvgIpc) is 2.93. The summed E-state index contributed by atoms with van der Waals surface area (Å²) in [5.41, 5.74) is 0.282. The standard InChI is InChI=1S/C14H9Cl2FN2O4S/c1-22-14-9(16)5-10(17)13(18-14)19-24(20,21)12-6-23-11-4-7(15)2-3-8(11)12/h2-6H,1H3,(H,18,19). The molecule has 0 fully saturated rings. The van der Waals surface area contributed by atoms with E-state index in [0.29, 0.717) is 10.4 Å². The molecule has 24 heavy (non-hydrogen) atoms. The first-order valence-electron chi connectivity index (χ1n) is 6.41. The van der Waals surface area contributed by atoms with Crippen LogP contribution in [-0.2, 0) is 10.0 Å². The molecule has 0 aliphatic heterocycles. The van der Waals surface area contributed by atoms with E-state index >= 15 is 0 Å². The van der Waals surface area contributed by atoms with Crippen LogP contribution in [0.1, 0.15) is 0 Å². The number of hydrogen-bond donors (Lipinski definition) is 1. The molecule has 3 aromatic rings. The molecule has 2 heterocycles. The fourth-order valence-corrected chi connectivity index (χ4v) is 3.55. The van der Waals surface area contributed by atoms with Crippen molar-refractivity contribution in [3.8, 4) is 5.88 Å². The summed E-state index contributed by atoms with van der Waals surface area (Å²) in [7, 11) is -2.88. The van der Waals surface area contributed by atoms with Crippen molar-refractivity contribution in [3.63, 3.8) is 0 Å². The highest BCUT2D eigenvalue weighted by molar-refractivity contribution is 7.93. The van der Waals surface area contributed by atoms with E-state index < -0.39 is 21.7 Å². The Hall–Kier alpha value is -2.03. The van der Waals surface area contributed by atoms with Crippen LogP contribution >= 0.6 is 23.2 Å². The summed E-state index contributed by atoms with van der Waals surface area (Å²) in [6.45, 7) is 0. The third kappa shape index (κ3) is 3.00. The number of sulfonamides is 1. The summed E-state index contributed by atoms with van der Waals surface area (Å²) in [5, 5.41) is 0.610. The minimum Gasteiger partial charge on any atom is -0.480 e. The Bertz CT molecular complexity index is 1040. The van der Waals surface area contributed by atoms with Crippen LogP contribution in [-0.4, -0.2) is 20.5 Å². The largest absolute Gasteiger partial charge is 0.480 e. The molecule has 1 aromatic carbocycles. The summed E-state index contributed by atoms with van der Waals surface area (Å²) in [5.74, 6) is -1.60. The van der Waals surface area contributed by atoms with Gasteiger partial charge in [-0.05, 0) is 12.1 Å². The van der Waals surface area contributed by atoms with Crippen molar-refractivity contribution in [2.75, 3.05) is 11.8 Å². The van der Waals surface area contributed by atoms with Crippen LogP contribution in [0.3, 0.4) is 0 Å². The van der Waals surface area contributed by atoms with Crippen molar-refractivity contribution in [2.45, 2.75) is 4.90 Å². The van der Waals surface area contributed by atoms with E-state index in [4.69, 9.17) is 32.4 Å². The number of hydrogen-bond acceptors (Lipinski definition) is 5. The number of nitrogens with zero attached hydrogens (tertiary/aromatic N) is 1. The summed E-state index contributed by atoms with van der Waals surface area (Å²) >= 11 is 11.6. The van der Waals surface area contributed by atoms with Gasteiger partial charge in [0.15, 0.2) is 11.6 Å². The molecular weight excluding hydrogens is 382 g/mol. The minimum atomic E-state index is -4.16. The van der Waals surface area contributed by atoms with Crippen molar-refractivity contribution in [3.05, 3.63) is 46.4 Å². The Morgan fingerprint density at radius 2 is 2.04 bits per heavy atom. The molecule has 0 radical (unpaired) electrons. The predicted molar refractivity (Wildman–Crippen MR) is 87.8 cm³/mol.